The molecule has 3 aromatic rings. The van der Waals surface area contributed by atoms with Crippen LogP contribution in [-0.4, -0.2) is 18.9 Å². The van der Waals surface area contributed by atoms with E-state index in [1.807, 2.05) is 73.7 Å². The van der Waals surface area contributed by atoms with Gasteiger partial charge in [0.05, 0.1) is 18.4 Å². The van der Waals surface area contributed by atoms with Crippen molar-refractivity contribution in [2.24, 2.45) is 0 Å². The SMILES string of the molecule is CCCCc1ccc(N2C(=O)C(Nc3cccc(OC)c3)=C(c3ccc(C)cc3)C2=O)cc1. The molecule has 0 radical (unpaired) electrons. The van der Waals surface area contributed by atoms with E-state index >= 15 is 0 Å². The highest BCUT2D eigenvalue weighted by atomic mass is 16.5. The van der Waals surface area contributed by atoms with Gasteiger partial charge >= 0.3 is 0 Å². The lowest BCUT2D eigenvalue weighted by atomic mass is 10.0. The number of hydrogen-bond acceptors (Lipinski definition) is 4. The molecule has 0 unspecified atom stereocenters. The first kappa shape index (κ1) is 22.3. The zero-order valence-electron chi connectivity index (χ0n) is 19.2. The monoisotopic (exact) mass is 440 g/mol. The van der Waals surface area contributed by atoms with Crippen LogP contribution in [0.2, 0.25) is 0 Å². The van der Waals surface area contributed by atoms with Gasteiger partial charge in [0.25, 0.3) is 11.8 Å². The summed E-state index contributed by atoms with van der Waals surface area (Å²) in [6.45, 7) is 4.15. The summed E-state index contributed by atoms with van der Waals surface area (Å²) in [6, 6.07) is 22.6. The molecule has 2 amide bonds. The third-order valence-corrected chi connectivity index (χ3v) is 5.78. The molecule has 4 rings (SSSR count). The van der Waals surface area contributed by atoms with E-state index in [2.05, 4.69) is 12.2 Å². The summed E-state index contributed by atoms with van der Waals surface area (Å²) in [5.41, 5.74) is 4.83. The summed E-state index contributed by atoms with van der Waals surface area (Å²) in [7, 11) is 1.59. The number of carbonyl (C=O) groups is 2. The molecule has 5 nitrogen and oxygen atoms in total. The molecule has 168 valence electrons. The van der Waals surface area contributed by atoms with Gasteiger partial charge in [-0.3, -0.25) is 9.59 Å². The van der Waals surface area contributed by atoms with E-state index in [9.17, 15) is 9.59 Å². The van der Waals surface area contributed by atoms with Crippen LogP contribution in [0.25, 0.3) is 5.57 Å². The van der Waals surface area contributed by atoms with E-state index < -0.39 is 0 Å². The third kappa shape index (κ3) is 4.67. The Bertz CT molecular complexity index is 1190. The number of imide groups is 1. The summed E-state index contributed by atoms with van der Waals surface area (Å²) in [4.78, 5) is 28.4. The number of benzene rings is 3. The maximum atomic E-state index is 13.6. The van der Waals surface area contributed by atoms with Gasteiger partial charge in [-0.25, -0.2) is 4.90 Å². The van der Waals surface area contributed by atoms with Crippen molar-refractivity contribution >= 4 is 28.8 Å². The first-order valence-corrected chi connectivity index (χ1v) is 11.2. The van der Waals surface area contributed by atoms with Crippen LogP contribution >= 0.6 is 0 Å². The maximum Gasteiger partial charge on any atom is 0.282 e. The van der Waals surface area contributed by atoms with E-state index in [4.69, 9.17) is 4.74 Å². The second-order valence-electron chi connectivity index (χ2n) is 8.19. The average Bonchev–Trinajstić information content (AvgIpc) is 3.08. The highest BCUT2D eigenvalue weighted by molar-refractivity contribution is 6.46. The van der Waals surface area contributed by atoms with Crippen molar-refractivity contribution in [2.45, 2.75) is 33.1 Å². The first-order chi connectivity index (χ1) is 16.0. The normalized spacial score (nSPS) is 13.6. The minimum Gasteiger partial charge on any atom is -0.497 e. The molecule has 1 N–H and O–H groups in total. The number of unbranched alkanes of at least 4 members (excludes halogenated alkanes) is 1. The van der Waals surface area contributed by atoms with Crippen molar-refractivity contribution < 1.29 is 14.3 Å². The Morgan fingerprint density at radius 2 is 1.64 bits per heavy atom. The summed E-state index contributed by atoms with van der Waals surface area (Å²) in [5, 5.41) is 3.19. The largest absolute Gasteiger partial charge is 0.497 e. The standard InChI is InChI=1S/C28H28N2O3/c1-4-5-7-20-12-16-23(17-13-20)30-27(31)25(21-14-10-19(2)11-15-21)26(28(30)32)29-22-8-6-9-24(18-22)33-3/h6,8-18,29H,4-5,7H2,1-3H3. The van der Waals surface area contributed by atoms with Crippen molar-refractivity contribution in [3.8, 4) is 5.75 Å². The second-order valence-corrected chi connectivity index (χ2v) is 8.19. The van der Waals surface area contributed by atoms with Gasteiger partial charge in [-0.15, -0.1) is 0 Å². The fourth-order valence-corrected chi connectivity index (χ4v) is 3.91. The predicted octanol–water partition coefficient (Wildman–Crippen LogP) is 5.74. The lowest BCUT2D eigenvalue weighted by Gasteiger charge is -2.16. The number of nitrogens with zero attached hydrogens (tertiary/aromatic N) is 1. The van der Waals surface area contributed by atoms with Crippen LogP contribution in [0.4, 0.5) is 11.4 Å². The van der Waals surface area contributed by atoms with Crippen LogP contribution in [0.1, 0.15) is 36.5 Å². The molecule has 0 bridgehead atoms. The molecule has 0 fully saturated rings. The first-order valence-electron chi connectivity index (χ1n) is 11.2. The Kier molecular flexibility index (Phi) is 6.59. The Morgan fingerprint density at radius 1 is 0.909 bits per heavy atom. The number of anilines is 2. The number of hydrogen-bond donors (Lipinski definition) is 1. The number of rotatable bonds is 8. The minimum absolute atomic E-state index is 0.257. The molecule has 33 heavy (non-hydrogen) atoms. The van der Waals surface area contributed by atoms with Gasteiger partial charge in [0.15, 0.2) is 0 Å². The molecule has 0 saturated heterocycles. The van der Waals surface area contributed by atoms with Crippen LogP contribution < -0.4 is 15.0 Å². The van der Waals surface area contributed by atoms with Gasteiger partial charge in [0.1, 0.15) is 11.4 Å². The van der Waals surface area contributed by atoms with Gasteiger partial charge in [-0.1, -0.05) is 61.4 Å². The lowest BCUT2D eigenvalue weighted by Crippen LogP contribution is -2.32. The fraction of sp³-hybridized carbons (Fsp3) is 0.214. The smallest absolute Gasteiger partial charge is 0.282 e. The van der Waals surface area contributed by atoms with Gasteiger partial charge in [0, 0.05) is 11.8 Å². The van der Waals surface area contributed by atoms with Crippen molar-refractivity contribution in [2.75, 3.05) is 17.3 Å². The molecule has 0 aromatic heterocycles. The van der Waals surface area contributed by atoms with Gasteiger partial charge < -0.3 is 10.1 Å². The lowest BCUT2D eigenvalue weighted by molar-refractivity contribution is -0.120. The minimum atomic E-state index is -0.375. The predicted molar refractivity (Wildman–Crippen MR) is 132 cm³/mol. The van der Waals surface area contributed by atoms with Crippen molar-refractivity contribution in [1.82, 2.24) is 0 Å². The maximum absolute atomic E-state index is 13.6. The topological polar surface area (TPSA) is 58.6 Å². The van der Waals surface area contributed by atoms with Crippen LogP contribution in [0.3, 0.4) is 0 Å². The van der Waals surface area contributed by atoms with Crippen LogP contribution in [0.15, 0.2) is 78.5 Å². The Morgan fingerprint density at radius 3 is 2.30 bits per heavy atom. The summed E-state index contributed by atoms with van der Waals surface area (Å²) in [5.74, 6) is -0.0518. The van der Waals surface area contributed by atoms with E-state index in [1.54, 1.807) is 13.2 Å². The molecule has 1 aliphatic heterocycles. The quantitative estimate of drug-likeness (QED) is 0.454. The van der Waals surface area contributed by atoms with Crippen molar-refractivity contribution in [3.63, 3.8) is 0 Å². The van der Waals surface area contributed by atoms with Crippen molar-refractivity contribution in [3.05, 3.63) is 95.2 Å². The average molecular weight is 441 g/mol. The summed E-state index contributed by atoms with van der Waals surface area (Å²) in [6.07, 6.45) is 3.21. The van der Waals surface area contributed by atoms with E-state index in [0.717, 1.165) is 24.8 Å². The third-order valence-electron chi connectivity index (χ3n) is 5.78. The van der Waals surface area contributed by atoms with E-state index in [0.29, 0.717) is 28.3 Å². The molecule has 0 spiro atoms. The number of amides is 2. The van der Waals surface area contributed by atoms with Gasteiger partial charge in [-0.2, -0.15) is 0 Å². The molecular weight excluding hydrogens is 412 g/mol. The van der Waals surface area contributed by atoms with E-state index in [1.165, 1.54) is 10.5 Å². The Balaban J connectivity index is 1.73. The molecule has 0 atom stereocenters. The van der Waals surface area contributed by atoms with Crippen LogP contribution in [-0.2, 0) is 16.0 Å². The Hall–Kier alpha value is -3.86. The highest BCUT2D eigenvalue weighted by Gasteiger charge is 2.40. The molecule has 1 heterocycles. The fourth-order valence-electron chi connectivity index (χ4n) is 3.91. The molecular formula is C28H28N2O3. The highest BCUT2D eigenvalue weighted by Crippen LogP contribution is 2.34. The van der Waals surface area contributed by atoms with E-state index in [-0.39, 0.29) is 17.5 Å². The summed E-state index contributed by atoms with van der Waals surface area (Å²) < 4.78 is 5.30. The molecule has 0 aliphatic carbocycles. The summed E-state index contributed by atoms with van der Waals surface area (Å²) >= 11 is 0. The Labute approximate surface area is 194 Å². The van der Waals surface area contributed by atoms with Gasteiger partial charge in [-0.05, 0) is 55.2 Å². The van der Waals surface area contributed by atoms with Crippen LogP contribution in [0, 0.1) is 6.92 Å². The number of ether oxygens (including phenoxy) is 1. The number of methoxy groups -OCH3 is 1. The number of carbonyl (C=O) groups excluding carboxylic acids is 2. The molecule has 5 heteroatoms. The second kappa shape index (κ2) is 9.74. The zero-order valence-corrected chi connectivity index (χ0v) is 19.2. The molecule has 1 aliphatic rings. The molecule has 0 saturated carbocycles. The molecule has 3 aromatic carbocycles. The number of aryl methyl sites for hydroxylation is 2. The number of nitrogens with one attached hydrogen (secondary N) is 1. The van der Waals surface area contributed by atoms with Crippen LogP contribution in [0.5, 0.6) is 5.75 Å². The van der Waals surface area contributed by atoms with Crippen molar-refractivity contribution in [1.29, 1.82) is 0 Å². The zero-order chi connectivity index (χ0) is 23.4. The van der Waals surface area contributed by atoms with Gasteiger partial charge in [0.2, 0.25) is 0 Å².